The Morgan fingerprint density at radius 1 is 1.25 bits per heavy atom. The van der Waals surface area contributed by atoms with Crippen LogP contribution in [0.2, 0.25) is 0 Å². The predicted molar refractivity (Wildman–Crippen MR) is 73.1 cm³/mol. The van der Waals surface area contributed by atoms with Crippen molar-refractivity contribution in [1.29, 1.82) is 0 Å². The van der Waals surface area contributed by atoms with E-state index in [0.29, 0.717) is 12.6 Å². The molecule has 1 saturated heterocycles. The third-order valence-electron chi connectivity index (χ3n) is 3.80. The molecule has 0 aliphatic carbocycles. The Labute approximate surface area is 117 Å². The Hall–Kier alpha value is -2.17. The molecule has 2 aromatic rings. The average Bonchev–Trinajstić information content (AvgIpc) is 3.16. The molecule has 1 aromatic carbocycles. The lowest BCUT2D eigenvalue weighted by molar-refractivity contribution is -0.0579. The number of fused-ring (bicyclic) bond motifs is 1. The molecular weight excluding hydrogens is 256 g/mol. The number of ether oxygens (including phenoxy) is 2. The summed E-state index contributed by atoms with van der Waals surface area (Å²) in [4.78, 5) is 6.40. The molecule has 2 aliphatic heterocycles. The van der Waals surface area contributed by atoms with E-state index in [1.54, 1.807) is 6.20 Å². The van der Waals surface area contributed by atoms with E-state index in [2.05, 4.69) is 16.8 Å². The van der Waals surface area contributed by atoms with Crippen molar-refractivity contribution < 1.29 is 13.9 Å². The summed E-state index contributed by atoms with van der Waals surface area (Å²) in [5.41, 5.74) is 0. The molecule has 5 nitrogen and oxygen atoms in total. The first kappa shape index (κ1) is 11.6. The summed E-state index contributed by atoms with van der Waals surface area (Å²) >= 11 is 0. The maximum Gasteiger partial charge on any atom is 0.297 e. The molecule has 104 valence electrons. The van der Waals surface area contributed by atoms with Gasteiger partial charge in [0.2, 0.25) is 0 Å². The van der Waals surface area contributed by atoms with Crippen LogP contribution in [0.3, 0.4) is 0 Å². The Kier molecular flexibility index (Phi) is 2.42. The number of hydrogen-bond donors (Lipinski definition) is 0. The van der Waals surface area contributed by atoms with Crippen LogP contribution in [-0.4, -0.2) is 23.9 Å². The van der Waals surface area contributed by atoms with Crippen LogP contribution in [0.1, 0.15) is 19.1 Å². The van der Waals surface area contributed by atoms with Crippen LogP contribution in [0, 0.1) is 0 Å². The average molecular weight is 272 g/mol. The van der Waals surface area contributed by atoms with Crippen LogP contribution < -0.4 is 14.4 Å². The van der Waals surface area contributed by atoms with Gasteiger partial charge in [0, 0.05) is 19.4 Å². The summed E-state index contributed by atoms with van der Waals surface area (Å²) in [6.45, 7) is 3.50. The predicted octanol–water partition coefficient (Wildman–Crippen LogP) is 2.61. The quantitative estimate of drug-likeness (QED) is 0.841. The number of oxazole rings is 1. The van der Waals surface area contributed by atoms with Crippen molar-refractivity contribution in [2.45, 2.75) is 25.6 Å². The van der Waals surface area contributed by atoms with Crippen molar-refractivity contribution in [2.75, 3.05) is 18.0 Å². The van der Waals surface area contributed by atoms with E-state index in [0.717, 1.165) is 36.6 Å². The van der Waals surface area contributed by atoms with Crippen molar-refractivity contribution in [3.05, 3.63) is 36.2 Å². The van der Waals surface area contributed by atoms with Crippen molar-refractivity contribution in [3.8, 4) is 11.5 Å². The monoisotopic (exact) mass is 272 g/mol. The summed E-state index contributed by atoms with van der Waals surface area (Å²) < 4.78 is 17.7. The molecule has 1 spiro atoms. The zero-order valence-corrected chi connectivity index (χ0v) is 11.3. The maximum atomic E-state index is 6.01. The van der Waals surface area contributed by atoms with E-state index in [4.69, 9.17) is 13.9 Å². The van der Waals surface area contributed by atoms with Crippen molar-refractivity contribution in [1.82, 2.24) is 4.98 Å². The number of aryl methyl sites for hydroxylation is 1. The van der Waals surface area contributed by atoms with Crippen LogP contribution >= 0.6 is 0 Å². The van der Waals surface area contributed by atoms with Gasteiger partial charge in [0.05, 0.1) is 12.7 Å². The summed E-state index contributed by atoms with van der Waals surface area (Å²) in [7, 11) is 0. The number of para-hydroxylation sites is 2. The van der Waals surface area contributed by atoms with E-state index in [9.17, 15) is 0 Å². The van der Waals surface area contributed by atoms with Crippen LogP contribution in [0.5, 0.6) is 11.5 Å². The van der Waals surface area contributed by atoms with Gasteiger partial charge < -0.3 is 18.8 Å². The molecule has 0 radical (unpaired) electrons. The van der Waals surface area contributed by atoms with Gasteiger partial charge in [-0.3, -0.25) is 0 Å². The highest BCUT2D eigenvalue weighted by Gasteiger charge is 2.48. The van der Waals surface area contributed by atoms with Gasteiger partial charge in [-0.05, 0) is 12.1 Å². The summed E-state index contributed by atoms with van der Waals surface area (Å²) in [6, 6.07) is 8.44. The molecule has 0 saturated carbocycles. The minimum absolute atomic E-state index is 0.593. The van der Waals surface area contributed by atoms with E-state index in [-0.39, 0.29) is 0 Å². The molecule has 0 bridgehead atoms. The first-order valence-corrected chi connectivity index (χ1v) is 6.95. The van der Waals surface area contributed by atoms with Crippen molar-refractivity contribution in [3.63, 3.8) is 0 Å². The Balaban J connectivity index is 1.54. The Morgan fingerprint density at radius 2 is 2.00 bits per heavy atom. The highest BCUT2D eigenvalue weighted by Crippen LogP contribution is 2.43. The van der Waals surface area contributed by atoms with Gasteiger partial charge in [0.25, 0.3) is 11.8 Å². The highest BCUT2D eigenvalue weighted by atomic mass is 16.7. The van der Waals surface area contributed by atoms with Crippen LogP contribution in [0.15, 0.2) is 34.9 Å². The number of hydrogen-bond acceptors (Lipinski definition) is 5. The molecule has 1 fully saturated rings. The topological polar surface area (TPSA) is 47.7 Å². The van der Waals surface area contributed by atoms with Crippen molar-refractivity contribution >= 4 is 6.01 Å². The lowest BCUT2D eigenvalue weighted by Crippen LogP contribution is -2.41. The van der Waals surface area contributed by atoms with Gasteiger partial charge in [-0.25, -0.2) is 4.98 Å². The molecule has 3 heterocycles. The first-order chi connectivity index (χ1) is 9.78. The van der Waals surface area contributed by atoms with E-state index >= 15 is 0 Å². The SMILES string of the molecule is CCc1cnc(N2CCC3(C2)Oc2ccccc2O3)o1. The number of anilines is 1. The summed E-state index contributed by atoms with van der Waals surface area (Å²) in [5.74, 6) is 1.94. The minimum Gasteiger partial charge on any atom is -0.447 e. The molecule has 0 unspecified atom stereocenters. The third-order valence-corrected chi connectivity index (χ3v) is 3.80. The lowest BCUT2D eigenvalue weighted by Gasteiger charge is -2.22. The fourth-order valence-corrected chi connectivity index (χ4v) is 2.73. The zero-order valence-electron chi connectivity index (χ0n) is 11.3. The number of aromatic nitrogens is 1. The molecule has 0 atom stereocenters. The summed E-state index contributed by atoms with van der Waals surface area (Å²) in [6.07, 6.45) is 3.43. The van der Waals surface area contributed by atoms with Crippen LogP contribution in [0.25, 0.3) is 0 Å². The molecular formula is C15H16N2O3. The Bertz CT molecular complexity index is 613. The van der Waals surface area contributed by atoms with Crippen molar-refractivity contribution in [2.24, 2.45) is 0 Å². The second-order valence-electron chi connectivity index (χ2n) is 5.20. The van der Waals surface area contributed by atoms with Gasteiger partial charge in [-0.15, -0.1) is 0 Å². The number of nitrogens with zero attached hydrogens (tertiary/aromatic N) is 2. The van der Waals surface area contributed by atoms with E-state index in [1.165, 1.54) is 0 Å². The van der Waals surface area contributed by atoms with Gasteiger partial charge in [-0.2, -0.15) is 0 Å². The van der Waals surface area contributed by atoms with Crippen LogP contribution in [-0.2, 0) is 6.42 Å². The van der Waals surface area contributed by atoms with E-state index < -0.39 is 5.79 Å². The number of benzene rings is 1. The Morgan fingerprint density at radius 3 is 2.65 bits per heavy atom. The minimum atomic E-state index is -0.593. The zero-order chi connectivity index (χ0) is 13.6. The maximum absolute atomic E-state index is 6.01. The van der Waals surface area contributed by atoms with Gasteiger partial charge in [-0.1, -0.05) is 19.1 Å². The third kappa shape index (κ3) is 1.73. The fourth-order valence-electron chi connectivity index (χ4n) is 2.73. The van der Waals surface area contributed by atoms with Gasteiger partial charge in [0.15, 0.2) is 11.5 Å². The smallest absolute Gasteiger partial charge is 0.297 e. The lowest BCUT2D eigenvalue weighted by atomic mass is 10.2. The number of rotatable bonds is 2. The highest BCUT2D eigenvalue weighted by molar-refractivity contribution is 5.44. The first-order valence-electron chi connectivity index (χ1n) is 6.95. The normalized spacial score (nSPS) is 18.9. The standard InChI is InChI=1S/C15H16N2O3/c1-2-11-9-16-14(18-11)17-8-7-15(10-17)19-12-5-3-4-6-13(12)20-15/h3-6,9H,2,7-8,10H2,1H3. The molecule has 4 rings (SSSR count). The second-order valence-corrected chi connectivity index (χ2v) is 5.20. The molecule has 0 amide bonds. The second kappa shape index (κ2) is 4.16. The van der Waals surface area contributed by atoms with Crippen LogP contribution in [0.4, 0.5) is 6.01 Å². The molecule has 1 aromatic heterocycles. The summed E-state index contributed by atoms with van der Waals surface area (Å²) in [5, 5.41) is 0. The molecule has 2 aliphatic rings. The fraction of sp³-hybridized carbons (Fsp3) is 0.400. The van der Waals surface area contributed by atoms with E-state index in [1.807, 2.05) is 24.3 Å². The largest absolute Gasteiger partial charge is 0.447 e. The van der Waals surface area contributed by atoms with Gasteiger partial charge >= 0.3 is 0 Å². The molecule has 0 N–H and O–H groups in total. The van der Waals surface area contributed by atoms with Gasteiger partial charge in [0.1, 0.15) is 5.76 Å². The molecule has 20 heavy (non-hydrogen) atoms. The molecule has 5 heteroatoms.